The molecular weight excluding hydrogens is 320 g/mol. The van der Waals surface area contributed by atoms with Crippen LogP contribution in [0.2, 0.25) is 0 Å². The Labute approximate surface area is 145 Å². The van der Waals surface area contributed by atoms with Gasteiger partial charge in [0, 0.05) is 23.4 Å². The summed E-state index contributed by atoms with van der Waals surface area (Å²) in [4.78, 5) is 4.71. The highest BCUT2D eigenvalue weighted by molar-refractivity contribution is 7.17. The summed E-state index contributed by atoms with van der Waals surface area (Å²) in [5.74, 6) is 1.65. The van der Waals surface area contributed by atoms with Crippen LogP contribution in [0, 0.1) is 13.8 Å². The SMILES string of the molecule is CCNC(=NCc1csc2ccccc12)NCc1c(C)noc1C. The third kappa shape index (κ3) is 3.59. The molecule has 0 fully saturated rings. The molecule has 0 aliphatic rings. The molecule has 2 heterocycles. The fourth-order valence-corrected chi connectivity index (χ4v) is 3.54. The molecule has 126 valence electrons. The summed E-state index contributed by atoms with van der Waals surface area (Å²) in [5, 5.41) is 14.1. The second-order valence-corrected chi connectivity index (χ2v) is 6.52. The predicted octanol–water partition coefficient (Wildman–Crippen LogP) is 3.76. The number of thiophene rings is 1. The van der Waals surface area contributed by atoms with Gasteiger partial charge in [-0.15, -0.1) is 11.3 Å². The van der Waals surface area contributed by atoms with Crippen molar-refractivity contribution in [2.45, 2.75) is 33.9 Å². The highest BCUT2D eigenvalue weighted by atomic mass is 32.1. The smallest absolute Gasteiger partial charge is 0.191 e. The lowest BCUT2D eigenvalue weighted by atomic mass is 10.2. The van der Waals surface area contributed by atoms with Crippen LogP contribution in [0.3, 0.4) is 0 Å². The maximum absolute atomic E-state index is 5.21. The maximum atomic E-state index is 5.21. The summed E-state index contributed by atoms with van der Waals surface area (Å²) in [5.41, 5.74) is 3.26. The van der Waals surface area contributed by atoms with E-state index in [2.05, 4.69) is 52.4 Å². The Morgan fingerprint density at radius 2 is 2.08 bits per heavy atom. The number of aromatic nitrogens is 1. The fraction of sp³-hybridized carbons (Fsp3) is 0.333. The summed E-state index contributed by atoms with van der Waals surface area (Å²) in [6, 6.07) is 8.44. The van der Waals surface area contributed by atoms with Crippen molar-refractivity contribution in [2.75, 3.05) is 6.54 Å². The van der Waals surface area contributed by atoms with Crippen molar-refractivity contribution >= 4 is 27.4 Å². The van der Waals surface area contributed by atoms with Gasteiger partial charge in [-0.2, -0.15) is 0 Å². The molecule has 0 amide bonds. The van der Waals surface area contributed by atoms with Gasteiger partial charge in [-0.05, 0) is 43.2 Å². The molecule has 3 aromatic rings. The molecule has 0 unspecified atom stereocenters. The minimum Gasteiger partial charge on any atom is -0.361 e. The van der Waals surface area contributed by atoms with Crippen molar-refractivity contribution in [2.24, 2.45) is 4.99 Å². The van der Waals surface area contributed by atoms with Crippen LogP contribution in [0.4, 0.5) is 0 Å². The first-order valence-corrected chi connectivity index (χ1v) is 8.96. The van der Waals surface area contributed by atoms with Crippen molar-refractivity contribution in [1.29, 1.82) is 0 Å². The summed E-state index contributed by atoms with van der Waals surface area (Å²) in [6.07, 6.45) is 0. The molecule has 0 saturated carbocycles. The molecule has 0 saturated heterocycles. The molecule has 3 rings (SSSR count). The Balaban J connectivity index is 1.71. The van der Waals surface area contributed by atoms with Gasteiger partial charge in [0.15, 0.2) is 5.96 Å². The number of hydrogen-bond donors (Lipinski definition) is 2. The van der Waals surface area contributed by atoms with Gasteiger partial charge in [0.25, 0.3) is 0 Å². The first-order chi connectivity index (χ1) is 11.7. The number of rotatable bonds is 5. The lowest BCUT2D eigenvalue weighted by Crippen LogP contribution is -2.37. The molecule has 6 heteroatoms. The predicted molar refractivity (Wildman–Crippen MR) is 99.5 cm³/mol. The van der Waals surface area contributed by atoms with E-state index in [1.807, 2.05) is 13.8 Å². The number of benzene rings is 1. The minimum absolute atomic E-state index is 0.650. The van der Waals surface area contributed by atoms with Crippen molar-refractivity contribution in [3.8, 4) is 0 Å². The fourth-order valence-electron chi connectivity index (χ4n) is 2.59. The summed E-state index contributed by atoms with van der Waals surface area (Å²) < 4.78 is 6.51. The normalized spacial score (nSPS) is 11.9. The Hall–Kier alpha value is -2.34. The number of guanidine groups is 1. The monoisotopic (exact) mass is 342 g/mol. The van der Waals surface area contributed by atoms with E-state index in [-0.39, 0.29) is 0 Å². The van der Waals surface area contributed by atoms with E-state index < -0.39 is 0 Å². The zero-order chi connectivity index (χ0) is 16.9. The number of nitrogens with one attached hydrogen (secondary N) is 2. The third-order valence-electron chi connectivity index (χ3n) is 3.93. The van der Waals surface area contributed by atoms with Crippen LogP contribution in [-0.4, -0.2) is 17.7 Å². The van der Waals surface area contributed by atoms with E-state index in [4.69, 9.17) is 9.52 Å². The molecule has 2 N–H and O–H groups in total. The third-order valence-corrected chi connectivity index (χ3v) is 4.94. The molecule has 1 aromatic carbocycles. The Bertz CT molecular complexity index is 830. The van der Waals surface area contributed by atoms with E-state index in [1.54, 1.807) is 11.3 Å². The summed E-state index contributed by atoms with van der Waals surface area (Å²) in [7, 11) is 0. The minimum atomic E-state index is 0.650. The first-order valence-electron chi connectivity index (χ1n) is 8.08. The highest BCUT2D eigenvalue weighted by Gasteiger charge is 2.09. The van der Waals surface area contributed by atoms with Crippen LogP contribution in [0.15, 0.2) is 39.2 Å². The van der Waals surface area contributed by atoms with Crippen LogP contribution >= 0.6 is 11.3 Å². The number of aryl methyl sites for hydroxylation is 2. The molecular formula is C18H22N4OS. The number of nitrogens with zero attached hydrogens (tertiary/aromatic N) is 2. The van der Waals surface area contributed by atoms with Gasteiger partial charge >= 0.3 is 0 Å². The van der Waals surface area contributed by atoms with Crippen LogP contribution in [-0.2, 0) is 13.1 Å². The number of fused-ring (bicyclic) bond motifs is 1. The van der Waals surface area contributed by atoms with Crippen LogP contribution in [0.5, 0.6) is 0 Å². The van der Waals surface area contributed by atoms with E-state index in [0.29, 0.717) is 13.1 Å². The molecule has 0 aliphatic heterocycles. The van der Waals surface area contributed by atoms with Crippen LogP contribution in [0.1, 0.15) is 29.5 Å². The summed E-state index contributed by atoms with van der Waals surface area (Å²) >= 11 is 1.76. The molecule has 0 radical (unpaired) electrons. The Morgan fingerprint density at radius 1 is 1.25 bits per heavy atom. The number of aliphatic imine (C=N–C) groups is 1. The molecule has 2 aromatic heterocycles. The van der Waals surface area contributed by atoms with E-state index >= 15 is 0 Å². The second kappa shape index (κ2) is 7.49. The highest BCUT2D eigenvalue weighted by Crippen LogP contribution is 2.26. The zero-order valence-corrected chi connectivity index (χ0v) is 15.0. The van der Waals surface area contributed by atoms with Crippen LogP contribution < -0.4 is 10.6 Å². The maximum Gasteiger partial charge on any atom is 0.191 e. The van der Waals surface area contributed by atoms with Gasteiger partial charge in [0.05, 0.1) is 12.2 Å². The summed E-state index contributed by atoms with van der Waals surface area (Å²) in [6.45, 7) is 8.07. The largest absolute Gasteiger partial charge is 0.361 e. The van der Waals surface area contributed by atoms with E-state index in [1.165, 1.54) is 15.6 Å². The van der Waals surface area contributed by atoms with Crippen molar-refractivity contribution < 1.29 is 4.52 Å². The molecule has 5 nitrogen and oxygen atoms in total. The lowest BCUT2D eigenvalue weighted by molar-refractivity contribution is 0.392. The Kier molecular flexibility index (Phi) is 5.15. The quantitative estimate of drug-likeness (QED) is 0.547. The van der Waals surface area contributed by atoms with Gasteiger partial charge in [-0.25, -0.2) is 4.99 Å². The molecule has 0 atom stereocenters. The second-order valence-electron chi connectivity index (χ2n) is 5.61. The molecule has 24 heavy (non-hydrogen) atoms. The lowest BCUT2D eigenvalue weighted by Gasteiger charge is -2.11. The average Bonchev–Trinajstić information content (AvgIpc) is 3.14. The zero-order valence-electron chi connectivity index (χ0n) is 14.2. The van der Waals surface area contributed by atoms with Crippen molar-refractivity contribution in [3.63, 3.8) is 0 Å². The topological polar surface area (TPSA) is 62.5 Å². The average molecular weight is 342 g/mol. The van der Waals surface area contributed by atoms with Crippen LogP contribution in [0.25, 0.3) is 10.1 Å². The van der Waals surface area contributed by atoms with Gasteiger partial charge < -0.3 is 15.2 Å². The Morgan fingerprint density at radius 3 is 2.83 bits per heavy atom. The molecule has 0 spiro atoms. The first kappa shape index (κ1) is 16.5. The van der Waals surface area contributed by atoms with Gasteiger partial charge in [0.2, 0.25) is 0 Å². The van der Waals surface area contributed by atoms with Gasteiger partial charge in [0.1, 0.15) is 5.76 Å². The molecule has 0 bridgehead atoms. The van der Waals surface area contributed by atoms with Gasteiger partial charge in [-0.1, -0.05) is 23.4 Å². The molecule has 0 aliphatic carbocycles. The van der Waals surface area contributed by atoms with Crippen molar-refractivity contribution in [3.05, 3.63) is 52.2 Å². The van der Waals surface area contributed by atoms with Gasteiger partial charge in [-0.3, -0.25) is 0 Å². The van der Waals surface area contributed by atoms with Crippen molar-refractivity contribution in [1.82, 2.24) is 15.8 Å². The van der Waals surface area contributed by atoms with E-state index in [0.717, 1.165) is 29.5 Å². The number of hydrogen-bond acceptors (Lipinski definition) is 4. The standard InChI is InChI=1S/C18H22N4OS/c1-4-19-18(21-10-16-12(2)22-23-13(16)3)20-9-14-11-24-17-8-6-5-7-15(14)17/h5-8,11H,4,9-10H2,1-3H3,(H2,19,20,21). The van der Waals surface area contributed by atoms with E-state index in [9.17, 15) is 0 Å².